The van der Waals surface area contributed by atoms with Gasteiger partial charge in [0.1, 0.15) is 11.9 Å². The minimum atomic E-state index is -4.81. The van der Waals surface area contributed by atoms with Crippen molar-refractivity contribution in [2.45, 2.75) is 18.6 Å². The molecule has 0 aromatic heterocycles. The minimum Gasteiger partial charge on any atom is -0.480 e. The van der Waals surface area contributed by atoms with Gasteiger partial charge in [0, 0.05) is 6.42 Å². The number of carboxylic acid groups (broad SMARTS) is 1. The zero-order valence-corrected chi connectivity index (χ0v) is 8.46. The molecule has 0 aliphatic rings. The molecular weight excluding hydrogens is 242 g/mol. The standard InChI is InChI=1S/C10H9F4NO2/c11-8-5(4-7(15)9(16)17)2-1-3-6(8)10(12,13)14/h1-3,7H,4,15H2,(H,16,17)/t7-/m0/s1. The summed E-state index contributed by atoms with van der Waals surface area (Å²) in [6, 6.07) is 1.24. The Morgan fingerprint density at radius 2 is 2.00 bits per heavy atom. The van der Waals surface area contributed by atoms with Crippen molar-refractivity contribution in [1.29, 1.82) is 0 Å². The maximum absolute atomic E-state index is 13.4. The monoisotopic (exact) mass is 251 g/mol. The summed E-state index contributed by atoms with van der Waals surface area (Å²) in [7, 11) is 0. The van der Waals surface area contributed by atoms with Crippen LogP contribution in [0.4, 0.5) is 17.6 Å². The lowest BCUT2D eigenvalue weighted by molar-refractivity contribution is -0.140. The third-order valence-corrected chi connectivity index (χ3v) is 2.14. The molecule has 0 aliphatic carbocycles. The van der Waals surface area contributed by atoms with Crippen molar-refractivity contribution in [1.82, 2.24) is 0 Å². The van der Waals surface area contributed by atoms with Gasteiger partial charge >= 0.3 is 12.1 Å². The molecule has 3 nitrogen and oxygen atoms in total. The maximum atomic E-state index is 13.4. The van der Waals surface area contributed by atoms with Gasteiger partial charge in [-0.15, -0.1) is 0 Å². The summed E-state index contributed by atoms with van der Waals surface area (Å²) in [5, 5.41) is 8.49. The lowest BCUT2D eigenvalue weighted by Gasteiger charge is -2.12. The summed E-state index contributed by atoms with van der Waals surface area (Å²) in [5.74, 6) is -2.88. The highest BCUT2D eigenvalue weighted by atomic mass is 19.4. The molecule has 0 amide bonds. The molecule has 7 heteroatoms. The average Bonchev–Trinajstić information content (AvgIpc) is 2.19. The Morgan fingerprint density at radius 3 is 2.47 bits per heavy atom. The number of rotatable bonds is 3. The molecule has 0 unspecified atom stereocenters. The molecule has 0 saturated carbocycles. The van der Waals surface area contributed by atoms with E-state index in [9.17, 15) is 22.4 Å². The molecule has 0 saturated heterocycles. The van der Waals surface area contributed by atoms with E-state index in [1.165, 1.54) is 0 Å². The van der Waals surface area contributed by atoms with Crippen LogP contribution in [0, 0.1) is 5.82 Å². The third-order valence-electron chi connectivity index (χ3n) is 2.14. The van der Waals surface area contributed by atoms with Crippen LogP contribution in [-0.2, 0) is 17.4 Å². The molecule has 0 aliphatic heterocycles. The molecule has 0 radical (unpaired) electrons. The number of halogens is 4. The molecule has 1 rings (SSSR count). The van der Waals surface area contributed by atoms with Gasteiger partial charge in [0.2, 0.25) is 0 Å². The molecule has 17 heavy (non-hydrogen) atoms. The van der Waals surface area contributed by atoms with Crippen LogP contribution in [0.1, 0.15) is 11.1 Å². The molecule has 0 fully saturated rings. The van der Waals surface area contributed by atoms with Crippen LogP contribution in [0.3, 0.4) is 0 Å². The van der Waals surface area contributed by atoms with Crippen molar-refractivity contribution in [2.24, 2.45) is 5.73 Å². The summed E-state index contributed by atoms with van der Waals surface area (Å²) in [6.45, 7) is 0. The molecule has 0 spiro atoms. The van der Waals surface area contributed by atoms with Crippen molar-refractivity contribution in [3.63, 3.8) is 0 Å². The topological polar surface area (TPSA) is 63.3 Å². The van der Waals surface area contributed by atoms with Crippen LogP contribution in [0.15, 0.2) is 18.2 Å². The number of hydrogen-bond acceptors (Lipinski definition) is 2. The fourth-order valence-electron chi connectivity index (χ4n) is 1.28. The van der Waals surface area contributed by atoms with E-state index >= 15 is 0 Å². The van der Waals surface area contributed by atoms with E-state index in [2.05, 4.69) is 0 Å². The Kier molecular flexibility index (Phi) is 3.72. The van der Waals surface area contributed by atoms with Crippen LogP contribution >= 0.6 is 0 Å². The van der Waals surface area contributed by atoms with Crippen LogP contribution in [-0.4, -0.2) is 17.1 Å². The summed E-state index contributed by atoms with van der Waals surface area (Å²) < 4.78 is 50.4. The number of hydrogen-bond donors (Lipinski definition) is 2. The summed E-state index contributed by atoms with van der Waals surface area (Å²) in [5.41, 5.74) is 3.34. The molecule has 0 bridgehead atoms. The van der Waals surface area contributed by atoms with Crippen LogP contribution in [0.5, 0.6) is 0 Å². The van der Waals surface area contributed by atoms with E-state index in [0.717, 1.165) is 12.1 Å². The number of alkyl halides is 3. The van der Waals surface area contributed by atoms with E-state index in [-0.39, 0.29) is 5.56 Å². The predicted molar refractivity (Wildman–Crippen MR) is 50.7 cm³/mol. The molecule has 1 aromatic rings. The first kappa shape index (κ1) is 13.4. The van der Waals surface area contributed by atoms with Gasteiger partial charge in [-0.25, -0.2) is 4.39 Å². The van der Waals surface area contributed by atoms with Crippen molar-refractivity contribution >= 4 is 5.97 Å². The number of nitrogens with two attached hydrogens (primary N) is 1. The van der Waals surface area contributed by atoms with Gasteiger partial charge < -0.3 is 10.8 Å². The number of benzene rings is 1. The van der Waals surface area contributed by atoms with Crippen LogP contribution < -0.4 is 5.73 Å². The van der Waals surface area contributed by atoms with Crippen molar-refractivity contribution in [3.8, 4) is 0 Å². The number of carbonyl (C=O) groups is 1. The van der Waals surface area contributed by atoms with E-state index in [1.54, 1.807) is 0 Å². The van der Waals surface area contributed by atoms with Gasteiger partial charge in [-0.1, -0.05) is 12.1 Å². The third kappa shape index (κ3) is 3.16. The Morgan fingerprint density at radius 1 is 1.41 bits per heavy atom. The summed E-state index contributed by atoms with van der Waals surface area (Å²) in [6.07, 6.45) is -5.31. The largest absolute Gasteiger partial charge is 0.480 e. The van der Waals surface area contributed by atoms with Gasteiger partial charge in [0.25, 0.3) is 0 Å². The number of carboxylic acids is 1. The molecule has 3 N–H and O–H groups in total. The second-order valence-electron chi connectivity index (χ2n) is 3.43. The molecule has 1 aromatic carbocycles. The van der Waals surface area contributed by atoms with Gasteiger partial charge in [-0.2, -0.15) is 13.2 Å². The summed E-state index contributed by atoms with van der Waals surface area (Å²) >= 11 is 0. The van der Waals surface area contributed by atoms with Gasteiger partial charge in [-0.05, 0) is 11.6 Å². The van der Waals surface area contributed by atoms with Crippen molar-refractivity contribution < 1.29 is 27.5 Å². The maximum Gasteiger partial charge on any atom is 0.419 e. The smallest absolute Gasteiger partial charge is 0.419 e. The molecule has 0 heterocycles. The molecule has 94 valence electrons. The second kappa shape index (κ2) is 4.70. The average molecular weight is 251 g/mol. The van der Waals surface area contributed by atoms with E-state index in [0.29, 0.717) is 6.07 Å². The fraction of sp³-hybridized carbons (Fsp3) is 0.300. The first-order valence-electron chi connectivity index (χ1n) is 4.56. The zero-order chi connectivity index (χ0) is 13.2. The Labute approximate surface area is 93.8 Å². The minimum absolute atomic E-state index is 0.366. The SMILES string of the molecule is N[C@@H](Cc1cccc(C(F)(F)F)c1F)C(=O)O. The highest BCUT2D eigenvalue weighted by Crippen LogP contribution is 2.32. The summed E-state index contributed by atoms with van der Waals surface area (Å²) in [4.78, 5) is 10.4. The zero-order valence-electron chi connectivity index (χ0n) is 8.46. The van der Waals surface area contributed by atoms with E-state index < -0.39 is 36.0 Å². The molecule has 1 atom stereocenters. The lowest BCUT2D eigenvalue weighted by Crippen LogP contribution is -2.32. The highest BCUT2D eigenvalue weighted by molar-refractivity contribution is 5.73. The van der Waals surface area contributed by atoms with Gasteiger partial charge in [-0.3, -0.25) is 4.79 Å². The quantitative estimate of drug-likeness (QED) is 0.805. The van der Waals surface area contributed by atoms with Gasteiger partial charge in [0.05, 0.1) is 5.56 Å². The normalized spacial score (nSPS) is 13.5. The Balaban J connectivity index is 3.07. The first-order valence-corrected chi connectivity index (χ1v) is 4.56. The Bertz CT molecular complexity index is 431. The highest BCUT2D eigenvalue weighted by Gasteiger charge is 2.35. The van der Waals surface area contributed by atoms with Crippen molar-refractivity contribution in [2.75, 3.05) is 0 Å². The van der Waals surface area contributed by atoms with E-state index in [1.807, 2.05) is 0 Å². The number of aliphatic carboxylic acids is 1. The lowest BCUT2D eigenvalue weighted by atomic mass is 10.0. The van der Waals surface area contributed by atoms with Crippen molar-refractivity contribution in [3.05, 3.63) is 35.1 Å². The van der Waals surface area contributed by atoms with E-state index in [4.69, 9.17) is 10.8 Å². The van der Waals surface area contributed by atoms with Gasteiger partial charge in [0.15, 0.2) is 0 Å². The first-order chi connectivity index (χ1) is 7.73. The second-order valence-corrected chi connectivity index (χ2v) is 3.43. The predicted octanol–water partition coefficient (Wildman–Crippen LogP) is 1.80. The van der Waals surface area contributed by atoms with Crippen LogP contribution in [0.2, 0.25) is 0 Å². The fourth-order valence-corrected chi connectivity index (χ4v) is 1.28. The molecular formula is C10H9F4NO2. The Hall–Kier alpha value is -1.63. The van der Waals surface area contributed by atoms with Crippen LogP contribution in [0.25, 0.3) is 0 Å².